The first-order valence-corrected chi connectivity index (χ1v) is 11.9. The number of Topliss-reactive ketones (excluding diaryl/α,β-unsaturated/α-hetero) is 1. The third kappa shape index (κ3) is 2.56. The molecule has 5 fully saturated rings. The van der Waals surface area contributed by atoms with E-state index in [2.05, 4.69) is 22.4 Å². The molecule has 5 aliphatic rings. The number of carbonyl (C=O) groups excluding carboxylic acids is 1. The molecule has 0 amide bonds. The molecule has 158 valence electrons. The van der Waals surface area contributed by atoms with Gasteiger partial charge in [-0.1, -0.05) is 6.92 Å². The first-order valence-electron chi connectivity index (χ1n) is 11.9. The number of carbonyl (C=O) groups is 1. The van der Waals surface area contributed by atoms with Crippen LogP contribution in [0.4, 0.5) is 0 Å². The largest absolute Gasteiger partial charge is 0.390 e. The van der Waals surface area contributed by atoms with E-state index < -0.39 is 0 Å². The second-order valence-corrected chi connectivity index (χ2v) is 11.3. The molecule has 0 saturated heterocycles. The highest BCUT2D eigenvalue weighted by molar-refractivity contribution is 5.82. The van der Waals surface area contributed by atoms with Crippen molar-refractivity contribution in [3.8, 4) is 0 Å². The number of ketones is 1. The van der Waals surface area contributed by atoms with Crippen molar-refractivity contribution in [1.82, 2.24) is 20.2 Å². The third-order valence-electron chi connectivity index (χ3n) is 10.4. The number of tetrazole rings is 1. The fraction of sp³-hybridized carbons (Fsp3) is 0.913. The summed E-state index contributed by atoms with van der Waals surface area (Å²) >= 11 is 0. The van der Waals surface area contributed by atoms with E-state index in [1.54, 1.807) is 4.68 Å². The van der Waals surface area contributed by atoms with Crippen LogP contribution in [0.1, 0.15) is 70.5 Å². The van der Waals surface area contributed by atoms with Gasteiger partial charge in [-0.2, -0.15) is 0 Å². The van der Waals surface area contributed by atoms with Gasteiger partial charge < -0.3 is 5.11 Å². The number of fused-ring (bicyclic) bond motifs is 7. The Morgan fingerprint density at radius 3 is 2.48 bits per heavy atom. The number of aromatic nitrogens is 4. The lowest BCUT2D eigenvalue weighted by Crippen LogP contribution is -2.50. The number of hydrogen-bond acceptors (Lipinski definition) is 5. The zero-order valence-corrected chi connectivity index (χ0v) is 17.8. The highest BCUT2D eigenvalue weighted by atomic mass is 16.3. The van der Waals surface area contributed by atoms with Crippen LogP contribution in [0.15, 0.2) is 0 Å². The predicted molar refractivity (Wildman–Crippen MR) is 107 cm³/mol. The van der Waals surface area contributed by atoms with E-state index in [1.807, 2.05) is 6.92 Å². The summed E-state index contributed by atoms with van der Waals surface area (Å²) in [6.45, 7) is 4.61. The van der Waals surface area contributed by atoms with E-state index in [4.69, 9.17) is 0 Å². The molecule has 1 aromatic heterocycles. The van der Waals surface area contributed by atoms with Crippen molar-refractivity contribution in [2.45, 2.75) is 83.8 Å². The normalized spacial score (nSPS) is 50.2. The molecule has 1 aromatic rings. The second kappa shape index (κ2) is 6.12. The van der Waals surface area contributed by atoms with Crippen LogP contribution in [0.5, 0.6) is 0 Å². The summed E-state index contributed by atoms with van der Waals surface area (Å²) in [4.78, 5) is 13.3. The van der Waals surface area contributed by atoms with Crippen LogP contribution in [-0.4, -0.2) is 36.7 Å². The van der Waals surface area contributed by atoms with Crippen molar-refractivity contribution >= 4 is 5.78 Å². The van der Waals surface area contributed by atoms with Crippen LogP contribution in [0.2, 0.25) is 0 Å². The highest BCUT2D eigenvalue weighted by Gasteiger charge is 2.65. The maximum atomic E-state index is 13.3. The lowest BCUT2D eigenvalue weighted by Gasteiger charge is -2.56. The minimum atomic E-state index is -0.281. The predicted octanol–water partition coefficient (Wildman–Crippen LogP) is 3.18. The van der Waals surface area contributed by atoms with Crippen LogP contribution in [0, 0.1) is 53.8 Å². The Morgan fingerprint density at radius 2 is 1.76 bits per heavy atom. The summed E-state index contributed by atoms with van der Waals surface area (Å²) in [5.74, 6) is 5.77. The molecule has 0 radical (unpaired) electrons. The van der Waals surface area contributed by atoms with Gasteiger partial charge in [-0.3, -0.25) is 4.79 Å². The standard InChI is InChI=1S/C23H34N4O2/c1-13-24-25-26-27(13)12-21(28)19-6-5-18-16-3-4-17-15(8-10-23(29)11-20(17)23)14(16)7-9-22(18,19)2/h14-20,29H,3-12H2,1-2H3/t14-,15-,16-,17-,18+,19-,20?,22+,23+/m1/s1. The summed E-state index contributed by atoms with van der Waals surface area (Å²) in [5, 5.41) is 22.3. The van der Waals surface area contributed by atoms with E-state index >= 15 is 0 Å². The van der Waals surface area contributed by atoms with Gasteiger partial charge >= 0.3 is 0 Å². The summed E-state index contributed by atoms with van der Waals surface area (Å²) in [5.41, 5.74) is -0.127. The zero-order valence-electron chi connectivity index (χ0n) is 17.8. The molecule has 29 heavy (non-hydrogen) atoms. The van der Waals surface area contributed by atoms with Crippen molar-refractivity contribution in [3.63, 3.8) is 0 Å². The number of aliphatic hydroxyl groups is 1. The maximum absolute atomic E-state index is 13.3. The smallest absolute Gasteiger partial charge is 0.158 e. The number of hydrogen-bond donors (Lipinski definition) is 1. The topological polar surface area (TPSA) is 80.9 Å². The van der Waals surface area contributed by atoms with Gasteiger partial charge in [0.05, 0.1) is 5.60 Å². The third-order valence-corrected chi connectivity index (χ3v) is 10.4. The molecule has 6 nitrogen and oxygen atoms in total. The van der Waals surface area contributed by atoms with Crippen LogP contribution in [0.3, 0.4) is 0 Å². The average molecular weight is 399 g/mol. The molecular formula is C23H34N4O2. The van der Waals surface area contributed by atoms with Crippen LogP contribution in [-0.2, 0) is 11.3 Å². The maximum Gasteiger partial charge on any atom is 0.158 e. The van der Waals surface area contributed by atoms with E-state index in [0.717, 1.165) is 48.8 Å². The lowest BCUT2D eigenvalue weighted by molar-refractivity contribution is -0.131. The number of aryl methyl sites for hydroxylation is 1. The van der Waals surface area contributed by atoms with Gasteiger partial charge in [-0.05, 0) is 116 Å². The van der Waals surface area contributed by atoms with Gasteiger partial charge in [0.1, 0.15) is 12.4 Å². The number of nitrogens with zero attached hydrogens (tertiary/aromatic N) is 4. The molecule has 9 atom stereocenters. The van der Waals surface area contributed by atoms with E-state index in [0.29, 0.717) is 24.2 Å². The molecule has 6 rings (SSSR count). The quantitative estimate of drug-likeness (QED) is 0.846. The lowest BCUT2D eigenvalue weighted by atomic mass is 9.49. The Hall–Kier alpha value is -1.30. The average Bonchev–Trinajstić information content (AvgIpc) is 3.04. The van der Waals surface area contributed by atoms with Gasteiger partial charge in [-0.25, -0.2) is 4.68 Å². The fourth-order valence-corrected chi connectivity index (χ4v) is 8.87. The SMILES string of the molecule is Cc1nnnn1CC(=O)[C@H]1CC[C@H]2[C@@H]3CC[C@H]4C5C[C@@]5(O)CC[C@@H]4[C@H]3CC[C@]12C. The highest BCUT2D eigenvalue weighted by Crippen LogP contribution is 2.68. The molecule has 0 bridgehead atoms. The van der Waals surface area contributed by atoms with Crippen molar-refractivity contribution in [2.24, 2.45) is 46.8 Å². The van der Waals surface area contributed by atoms with Gasteiger partial charge in [0.15, 0.2) is 5.78 Å². The first kappa shape index (κ1) is 18.5. The van der Waals surface area contributed by atoms with E-state index in [1.165, 1.54) is 38.5 Å². The van der Waals surface area contributed by atoms with Gasteiger partial charge in [0.25, 0.3) is 0 Å². The zero-order chi connectivity index (χ0) is 20.0. The van der Waals surface area contributed by atoms with Crippen LogP contribution < -0.4 is 0 Å². The second-order valence-electron chi connectivity index (χ2n) is 11.3. The minimum absolute atomic E-state index is 0.155. The molecular weight excluding hydrogens is 364 g/mol. The Labute approximate surface area is 172 Å². The monoisotopic (exact) mass is 398 g/mol. The fourth-order valence-electron chi connectivity index (χ4n) is 8.87. The first-order chi connectivity index (χ1) is 13.9. The van der Waals surface area contributed by atoms with Gasteiger partial charge in [0.2, 0.25) is 0 Å². The molecule has 5 saturated carbocycles. The molecule has 6 heteroatoms. The summed E-state index contributed by atoms with van der Waals surface area (Å²) in [6, 6.07) is 0. The van der Waals surface area contributed by atoms with E-state index in [9.17, 15) is 9.90 Å². The summed E-state index contributed by atoms with van der Waals surface area (Å²) < 4.78 is 1.66. The Bertz CT molecular complexity index is 839. The van der Waals surface area contributed by atoms with Crippen molar-refractivity contribution in [1.29, 1.82) is 0 Å². The molecule has 1 N–H and O–H groups in total. The van der Waals surface area contributed by atoms with Crippen LogP contribution in [0.25, 0.3) is 0 Å². The molecule has 0 aliphatic heterocycles. The molecule has 1 heterocycles. The van der Waals surface area contributed by atoms with Crippen molar-refractivity contribution in [3.05, 3.63) is 5.82 Å². The van der Waals surface area contributed by atoms with Gasteiger partial charge in [0, 0.05) is 5.92 Å². The Kier molecular flexibility index (Phi) is 3.89. The van der Waals surface area contributed by atoms with E-state index in [-0.39, 0.29) is 16.9 Å². The Morgan fingerprint density at radius 1 is 1.03 bits per heavy atom. The molecule has 0 aromatic carbocycles. The Balaban J connectivity index is 1.20. The molecule has 1 unspecified atom stereocenters. The molecule has 0 spiro atoms. The van der Waals surface area contributed by atoms with Crippen LogP contribution >= 0.6 is 0 Å². The van der Waals surface area contributed by atoms with Crippen molar-refractivity contribution < 1.29 is 9.90 Å². The summed E-state index contributed by atoms with van der Waals surface area (Å²) in [6.07, 6.45) is 10.7. The van der Waals surface area contributed by atoms with Gasteiger partial charge in [-0.15, -0.1) is 5.10 Å². The number of rotatable bonds is 3. The minimum Gasteiger partial charge on any atom is -0.390 e. The van der Waals surface area contributed by atoms with Crippen molar-refractivity contribution in [2.75, 3.05) is 0 Å². The summed E-state index contributed by atoms with van der Waals surface area (Å²) in [7, 11) is 0. The molecule has 5 aliphatic carbocycles.